The fraction of sp³-hybridized carbons (Fsp3) is 0.421. The molecule has 0 radical (unpaired) electrons. The third kappa shape index (κ3) is 3.93. The molecule has 0 amide bonds. The molecule has 2 aromatic rings. The lowest BCUT2D eigenvalue weighted by Crippen LogP contribution is -2.41. The SMILES string of the molecule is CC1(C)OC2OC(COC(=O)c3ccccc3)C(OC(=S)n3ccnc3)C2O1. The van der Waals surface area contributed by atoms with Crippen LogP contribution in [0.3, 0.4) is 0 Å². The predicted molar refractivity (Wildman–Crippen MR) is 101 cm³/mol. The molecule has 148 valence electrons. The van der Waals surface area contributed by atoms with Gasteiger partial charge in [-0.3, -0.25) is 4.57 Å². The number of thiocarbonyl (C=S) groups is 1. The first-order valence-electron chi connectivity index (χ1n) is 8.85. The number of carbonyl (C=O) groups is 1. The fourth-order valence-electron chi connectivity index (χ4n) is 3.18. The minimum atomic E-state index is -0.806. The highest BCUT2D eigenvalue weighted by atomic mass is 32.1. The van der Waals surface area contributed by atoms with Crippen LogP contribution in [-0.2, 0) is 23.7 Å². The number of ether oxygens (including phenoxy) is 5. The van der Waals surface area contributed by atoms with Gasteiger partial charge in [-0.05, 0) is 38.2 Å². The molecule has 2 saturated heterocycles. The number of nitrogens with zero attached hydrogens (tertiary/aromatic N) is 2. The van der Waals surface area contributed by atoms with Crippen LogP contribution >= 0.6 is 12.2 Å². The quantitative estimate of drug-likeness (QED) is 0.566. The summed E-state index contributed by atoms with van der Waals surface area (Å²) < 4.78 is 30.5. The highest BCUT2D eigenvalue weighted by Crippen LogP contribution is 2.39. The Kier molecular flexibility index (Phi) is 5.15. The topological polar surface area (TPSA) is 81.0 Å². The van der Waals surface area contributed by atoms with Crippen molar-refractivity contribution in [3.05, 3.63) is 54.6 Å². The summed E-state index contributed by atoms with van der Waals surface area (Å²) in [6, 6.07) is 8.74. The number of imidazole rings is 1. The maximum atomic E-state index is 12.2. The minimum absolute atomic E-state index is 0.0227. The van der Waals surface area contributed by atoms with Crippen molar-refractivity contribution in [2.45, 2.75) is 44.2 Å². The van der Waals surface area contributed by atoms with Gasteiger partial charge in [0, 0.05) is 12.4 Å². The zero-order valence-corrected chi connectivity index (χ0v) is 16.2. The molecular formula is C19H20N2O6S. The fourth-order valence-corrected chi connectivity index (χ4v) is 3.40. The lowest BCUT2D eigenvalue weighted by Gasteiger charge is -2.26. The Morgan fingerprint density at radius 1 is 1.29 bits per heavy atom. The van der Waals surface area contributed by atoms with Gasteiger partial charge in [0.25, 0.3) is 5.17 Å². The van der Waals surface area contributed by atoms with E-state index in [2.05, 4.69) is 4.98 Å². The van der Waals surface area contributed by atoms with Crippen LogP contribution in [0.4, 0.5) is 0 Å². The summed E-state index contributed by atoms with van der Waals surface area (Å²) in [5.41, 5.74) is 0.459. The molecule has 2 aliphatic rings. The summed E-state index contributed by atoms with van der Waals surface area (Å²) in [4.78, 5) is 16.2. The van der Waals surface area contributed by atoms with E-state index in [4.69, 9.17) is 35.9 Å². The molecule has 0 N–H and O–H groups in total. The number of fused-ring (bicyclic) bond motifs is 1. The Morgan fingerprint density at radius 3 is 2.79 bits per heavy atom. The molecule has 8 nitrogen and oxygen atoms in total. The van der Waals surface area contributed by atoms with Gasteiger partial charge in [-0.15, -0.1) is 0 Å². The molecule has 3 heterocycles. The van der Waals surface area contributed by atoms with Crippen LogP contribution in [0.1, 0.15) is 24.2 Å². The second kappa shape index (κ2) is 7.59. The summed E-state index contributed by atoms with van der Waals surface area (Å²) in [6.45, 7) is 3.57. The van der Waals surface area contributed by atoms with Crippen molar-refractivity contribution < 1.29 is 28.5 Å². The van der Waals surface area contributed by atoms with Gasteiger partial charge in [-0.2, -0.15) is 0 Å². The van der Waals surface area contributed by atoms with Crippen LogP contribution in [0.15, 0.2) is 49.1 Å². The van der Waals surface area contributed by atoms with E-state index in [0.29, 0.717) is 5.56 Å². The van der Waals surface area contributed by atoms with Gasteiger partial charge in [0.1, 0.15) is 19.0 Å². The van der Waals surface area contributed by atoms with Crippen LogP contribution in [-0.4, -0.2) is 57.7 Å². The van der Waals surface area contributed by atoms with Crippen molar-refractivity contribution in [2.75, 3.05) is 6.61 Å². The van der Waals surface area contributed by atoms with E-state index in [9.17, 15) is 4.79 Å². The van der Waals surface area contributed by atoms with E-state index in [1.807, 2.05) is 6.07 Å². The standard InChI is InChI=1S/C19H20N2O6S/c1-19(2)26-15-14(25-18(28)21-9-8-20-11-21)13(24-17(15)27-19)10-23-16(22)12-6-4-3-5-7-12/h3-9,11,13-15,17H,10H2,1-2H3. The summed E-state index contributed by atoms with van der Waals surface area (Å²) in [5, 5.41) is 0.194. The number of carbonyl (C=O) groups excluding carboxylic acids is 1. The second-order valence-electron chi connectivity index (χ2n) is 6.93. The molecule has 0 aliphatic carbocycles. The molecule has 28 heavy (non-hydrogen) atoms. The van der Waals surface area contributed by atoms with Gasteiger partial charge in [-0.1, -0.05) is 18.2 Å². The van der Waals surface area contributed by atoms with Crippen molar-refractivity contribution in [3.8, 4) is 0 Å². The number of hydrogen-bond acceptors (Lipinski definition) is 8. The molecule has 1 aromatic carbocycles. The minimum Gasteiger partial charge on any atom is -0.461 e. The number of rotatable bonds is 4. The van der Waals surface area contributed by atoms with E-state index in [1.54, 1.807) is 55.1 Å². The molecule has 1 aromatic heterocycles. The monoisotopic (exact) mass is 404 g/mol. The Balaban J connectivity index is 1.45. The van der Waals surface area contributed by atoms with Crippen LogP contribution in [0.2, 0.25) is 0 Å². The maximum absolute atomic E-state index is 12.2. The van der Waals surface area contributed by atoms with Crippen molar-refractivity contribution in [3.63, 3.8) is 0 Å². The largest absolute Gasteiger partial charge is 0.461 e. The molecule has 2 aliphatic heterocycles. The van der Waals surface area contributed by atoms with E-state index >= 15 is 0 Å². The molecule has 0 spiro atoms. The highest BCUT2D eigenvalue weighted by molar-refractivity contribution is 7.80. The van der Waals surface area contributed by atoms with E-state index in [-0.39, 0.29) is 11.8 Å². The highest BCUT2D eigenvalue weighted by Gasteiger charge is 2.56. The van der Waals surface area contributed by atoms with Crippen LogP contribution in [0.25, 0.3) is 0 Å². The summed E-state index contributed by atoms with van der Waals surface area (Å²) >= 11 is 5.33. The Labute approximate surface area is 167 Å². The third-order valence-corrected chi connectivity index (χ3v) is 4.73. The van der Waals surface area contributed by atoms with Gasteiger partial charge in [0.05, 0.1) is 5.56 Å². The molecule has 2 fully saturated rings. The molecule has 4 unspecified atom stereocenters. The molecule has 0 saturated carbocycles. The average Bonchev–Trinajstić information content (AvgIpc) is 3.37. The Bertz CT molecular complexity index is 841. The van der Waals surface area contributed by atoms with E-state index < -0.39 is 36.4 Å². The number of benzene rings is 1. The smallest absolute Gasteiger partial charge is 0.338 e. The van der Waals surface area contributed by atoms with Gasteiger partial charge in [0.15, 0.2) is 24.3 Å². The second-order valence-corrected chi connectivity index (χ2v) is 7.28. The zero-order chi connectivity index (χ0) is 19.7. The van der Waals surface area contributed by atoms with E-state index in [1.165, 1.54) is 6.33 Å². The Morgan fingerprint density at radius 2 is 2.07 bits per heavy atom. The van der Waals surface area contributed by atoms with Crippen molar-refractivity contribution >= 4 is 23.4 Å². The third-order valence-electron chi connectivity index (χ3n) is 4.43. The average molecular weight is 404 g/mol. The molecule has 0 bridgehead atoms. The van der Waals surface area contributed by atoms with Gasteiger partial charge in [0.2, 0.25) is 0 Å². The van der Waals surface area contributed by atoms with Gasteiger partial charge < -0.3 is 23.7 Å². The number of esters is 1. The summed E-state index contributed by atoms with van der Waals surface area (Å²) in [7, 11) is 0. The summed E-state index contributed by atoms with van der Waals surface area (Å²) in [5.74, 6) is -1.25. The van der Waals surface area contributed by atoms with Crippen LogP contribution in [0.5, 0.6) is 0 Å². The van der Waals surface area contributed by atoms with Crippen molar-refractivity contribution in [1.82, 2.24) is 9.55 Å². The normalized spacial score (nSPS) is 27.9. The summed E-state index contributed by atoms with van der Waals surface area (Å²) in [6.07, 6.45) is 2.47. The maximum Gasteiger partial charge on any atom is 0.338 e. The lowest BCUT2D eigenvalue weighted by atomic mass is 10.1. The van der Waals surface area contributed by atoms with Crippen LogP contribution < -0.4 is 0 Å². The molecular weight excluding hydrogens is 384 g/mol. The van der Waals surface area contributed by atoms with Crippen molar-refractivity contribution in [2.24, 2.45) is 0 Å². The molecule has 9 heteroatoms. The molecule has 4 rings (SSSR count). The first kappa shape index (κ1) is 19.0. The lowest BCUT2D eigenvalue weighted by molar-refractivity contribution is -0.217. The van der Waals surface area contributed by atoms with E-state index in [0.717, 1.165) is 0 Å². The first-order chi connectivity index (χ1) is 13.4. The van der Waals surface area contributed by atoms with Crippen molar-refractivity contribution in [1.29, 1.82) is 0 Å². The predicted octanol–water partition coefficient (Wildman–Crippen LogP) is 2.13. The number of aromatic nitrogens is 2. The Hall–Kier alpha value is -2.33. The van der Waals surface area contributed by atoms with Gasteiger partial charge >= 0.3 is 5.97 Å². The number of hydrogen-bond donors (Lipinski definition) is 0. The van der Waals surface area contributed by atoms with Gasteiger partial charge in [-0.25, -0.2) is 9.78 Å². The molecule has 4 atom stereocenters. The first-order valence-corrected chi connectivity index (χ1v) is 9.26. The van der Waals surface area contributed by atoms with Crippen LogP contribution in [0, 0.1) is 0 Å². The zero-order valence-electron chi connectivity index (χ0n) is 15.4.